The molecule has 0 spiro atoms. The first-order chi connectivity index (χ1) is 18.9. The van der Waals surface area contributed by atoms with E-state index >= 15 is 0 Å². The molecule has 1 saturated heterocycles. The van der Waals surface area contributed by atoms with Crippen molar-refractivity contribution in [3.63, 3.8) is 0 Å². The van der Waals surface area contributed by atoms with E-state index in [1.807, 2.05) is 30.5 Å². The number of nitrogens with two attached hydrogens (primary N) is 1. The Bertz CT molecular complexity index is 1260. The molecule has 1 fully saturated rings. The van der Waals surface area contributed by atoms with Gasteiger partial charge in [-0.25, -0.2) is 11.3 Å². The number of fused-ring (bicyclic) bond motifs is 1. The highest BCUT2D eigenvalue weighted by atomic mass is 28.4. The molecule has 15 nitrogen and oxygen atoms in total. The summed E-state index contributed by atoms with van der Waals surface area (Å²) in [6.45, 7) is 0.749. The molecule has 0 radical (unpaired) electrons. The lowest BCUT2D eigenvalue weighted by Gasteiger charge is -2.44. The summed E-state index contributed by atoms with van der Waals surface area (Å²) in [5, 5.41) is 8.26. The van der Waals surface area contributed by atoms with Crippen LogP contribution in [0, 0.1) is 0 Å². The molecule has 1 aromatic carbocycles. The fourth-order valence-electron chi connectivity index (χ4n) is 4.34. The van der Waals surface area contributed by atoms with Gasteiger partial charge in [-0.3, -0.25) is 5.43 Å². The highest BCUT2D eigenvalue weighted by molar-refractivity contribution is 6.53. The maximum Gasteiger partial charge on any atom is 0.250 e. The fourth-order valence-corrected chi connectivity index (χ4v) is 5.16. The molecule has 1 aliphatic heterocycles. The summed E-state index contributed by atoms with van der Waals surface area (Å²) in [6.07, 6.45) is 4.20. The standard InChI is InChI=1S/C23H33N9O6Si/c1-35-14-19-18(36-2)11-20(38-19)32-13-15(16-7-4-5-8-17(16)32)12-26-31-23-28-21(27-22(29-23)30-24)25-9-6-10-39(33,34)37-3/h4-5,7-8,12-13,18-20H,6,9-11,14,24H2,1-3H3,(H3,25,27,28,29,30,31)/q-2/t18?,19-,20-/m1/s1. The zero-order chi connectivity index (χ0) is 27.8. The largest absolute Gasteiger partial charge is 0.849 e. The number of hydrogen-bond acceptors (Lipinski definition) is 14. The van der Waals surface area contributed by atoms with Crippen molar-refractivity contribution >= 4 is 43.8 Å². The smallest absolute Gasteiger partial charge is 0.250 e. The second-order valence-electron chi connectivity index (χ2n) is 8.84. The lowest BCUT2D eigenvalue weighted by molar-refractivity contribution is -0.404. The first-order valence-corrected chi connectivity index (χ1v) is 14.3. The molecule has 3 heterocycles. The number of hydrazone groups is 1. The number of anilines is 3. The minimum atomic E-state index is -4.11. The van der Waals surface area contributed by atoms with Gasteiger partial charge in [-0.15, -0.1) is 0 Å². The molecule has 16 heteroatoms. The van der Waals surface area contributed by atoms with Gasteiger partial charge in [0.15, 0.2) is 0 Å². The summed E-state index contributed by atoms with van der Waals surface area (Å²) in [7, 11) is 0.360. The van der Waals surface area contributed by atoms with Crippen LogP contribution < -0.4 is 31.6 Å². The molecule has 39 heavy (non-hydrogen) atoms. The van der Waals surface area contributed by atoms with Crippen LogP contribution in [0.15, 0.2) is 35.6 Å². The highest BCUT2D eigenvalue weighted by Gasteiger charge is 2.36. The Morgan fingerprint density at radius 2 is 1.95 bits per heavy atom. The molecule has 5 N–H and O–H groups in total. The van der Waals surface area contributed by atoms with Crippen LogP contribution in [0.25, 0.3) is 10.9 Å². The minimum Gasteiger partial charge on any atom is -0.849 e. The van der Waals surface area contributed by atoms with Crippen molar-refractivity contribution in [1.29, 1.82) is 0 Å². The SMILES string of the molecule is COC[C@H]1O[C@@H](n2cc(C=NNc3nc(NN)nc(NCCC[Si]([O-])([O-])OC)n3)c3ccccc32)CC1OC. The lowest BCUT2D eigenvalue weighted by atomic mass is 10.2. The highest BCUT2D eigenvalue weighted by Crippen LogP contribution is 2.34. The number of nitrogens with zero attached hydrogens (tertiary/aromatic N) is 5. The molecule has 2 aromatic heterocycles. The van der Waals surface area contributed by atoms with E-state index in [1.54, 1.807) is 20.4 Å². The van der Waals surface area contributed by atoms with E-state index in [9.17, 15) is 9.59 Å². The van der Waals surface area contributed by atoms with Crippen LogP contribution in [-0.2, 0) is 18.6 Å². The van der Waals surface area contributed by atoms with Crippen LogP contribution >= 0.6 is 0 Å². The summed E-state index contributed by atoms with van der Waals surface area (Å²) in [4.78, 5) is 35.6. The summed E-state index contributed by atoms with van der Waals surface area (Å²) in [5.41, 5.74) is 7.03. The number of nitrogens with one attached hydrogen (secondary N) is 3. The van der Waals surface area contributed by atoms with E-state index in [1.165, 1.54) is 0 Å². The van der Waals surface area contributed by atoms with Gasteiger partial charge in [-0.1, -0.05) is 24.2 Å². The number of hydrazine groups is 1. The average molecular weight is 560 g/mol. The van der Waals surface area contributed by atoms with Gasteiger partial charge in [-0.05, 0) is 21.3 Å². The molecule has 0 bridgehead atoms. The summed E-state index contributed by atoms with van der Waals surface area (Å²) in [5.74, 6) is 5.93. The van der Waals surface area contributed by atoms with Gasteiger partial charge in [0.05, 0.1) is 24.4 Å². The number of nitrogen functional groups attached to an aromatic ring is 1. The predicted molar refractivity (Wildman–Crippen MR) is 143 cm³/mol. The Morgan fingerprint density at radius 1 is 1.18 bits per heavy atom. The van der Waals surface area contributed by atoms with Crippen LogP contribution in [0.1, 0.15) is 24.6 Å². The van der Waals surface area contributed by atoms with Crippen molar-refractivity contribution in [2.24, 2.45) is 10.9 Å². The average Bonchev–Trinajstić information content (AvgIpc) is 3.52. The van der Waals surface area contributed by atoms with E-state index in [0.29, 0.717) is 26.0 Å². The lowest BCUT2D eigenvalue weighted by Crippen LogP contribution is -2.64. The molecule has 1 unspecified atom stereocenters. The summed E-state index contributed by atoms with van der Waals surface area (Å²) in [6, 6.07) is 7.88. The third-order valence-corrected chi connectivity index (χ3v) is 7.87. The fraction of sp³-hybridized carbons (Fsp3) is 0.478. The molecule has 3 aromatic rings. The maximum atomic E-state index is 11.5. The number of benzene rings is 1. The predicted octanol–water partition coefficient (Wildman–Crippen LogP) is -0.385. The molecular formula is C23H33N9O6Si-2. The molecule has 4 rings (SSSR count). The van der Waals surface area contributed by atoms with Crippen molar-refractivity contribution in [3.8, 4) is 0 Å². The Hall–Kier alpha value is -3.22. The minimum absolute atomic E-state index is 0.0721. The van der Waals surface area contributed by atoms with Gasteiger partial charge in [-0.2, -0.15) is 20.1 Å². The van der Waals surface area contributed by atoms with E-state index in [-0.39, 0.29) is 42.3 Å². The Labute approximate surface area is 226 Å². The molecule has 3 atom stereocenters. The Balaban J connectivity index is 1.47. The van der Waals surface area contributed by atoms with E-state index in [4.69, 9.17) is 20.1 Å². The van der Waals surface area contributed by atoms with Crippen molar-refractivity contribution in [1.82, 2.24) is 19.5 Å². The molecule has 1 aliphatic rings. The van der Waals surface area contributed by atoms with Crippen molar-refractivity contribution < 1.29 is 28.2 Å². The zero-order valence-corrected chi connectivity index (χ0v) is 23.0. The second kappa shape index (κ2) is 13.2. The first kappa shape index (κ1) is 28.8. The van der Waals surface area contributed by atoms with Crippen molar-refractivity contribution in [2.75, 3.05) is 50.6 Å². The molecule has 212 valence electrons. The maximum absolute atomic E-state index is 11.5. The number of aromatic nitrogens is 4. The zero-order valence-electron chi connectivity index (χ0n) is 22.0. The number of methoxy groups -OCH3 is 2. The molecule has 0 saturated carbocycles. The topological polar surface area (TPSA) is 201 Å². The number of hydrogen-bond donors (Lipinski definition) is 4. The monoisotopic (exact) mass is 559 g/mol. The van der Waals surface area contributed by atoms with Crippen LogP contribution in [-0.4, -0.2) is 81.2 Å². The molecular weight excluding hydrogens is 526 g/mol. The summed E-state index contributed by atoms with van der Waals surface area (Å²) < 4.78 is 23.7. The second-order valence-corrected chi connectivity index (χ2v) is 11.1. The van der Waals surface area contributed by atoms with Gasteiger partial charge >= 0.3 is 0 Å². The van der Waals surface area contributed by atoms with E-state index in [0.717, 1.165) is 23.6 Å². The Morgan fingerprint density at radius 3 is 2.69 bits per heavy atom. The van der Waals surface area contributed by atoms with E-state index in [2.05, 4.69) is 45.2 Å². The van der Waals surface area contributed by atoms with Gasteiger partial charge < -0.3 is 38.1 Å². The van der Waals surface area contributed by atoms with Crippen molar-refractivity contribution in [2.45, 2.75) is 37.3 Å². The molecule has 0 aliphatic carbocycles. The van der Waals surface area contributed by atoms with E-state index < -0.39 is 8.80 Å². The van der Waals surface area contributed by atoms with Gasteiger partial charge in [0.2, 0.25) is 17.8 Å². The Kier molecular flexibility index (Phi) is 9.76. The van der Waals surface area contributed by atoms with Crippen LogP contribution in [0.2, 0.25) is 6.04 Å². The third kappa shape index (κ3) is 7.25. The van der Waals surface area contributed by atoms with Crippen molar-refractivity contribution in [3.05, 3.63) is 36.0 Å². The van der Waals surface area contributed by atoms with Gasteiger partial charge in [0.1, 0.15) is 12.3 Å². The van der Waals surface area contributed by atoms with Crippen LogP contribution in [0.4, 0.5) is 17.8 Å². The van der Waals surface area contributed by atoms with Gasteiger partial charge in [0.25, 0.3) is 0 Å². The van der Waals surface area contributed by atoms with Crippen LogP contribution in [0.5, 0.6) is 0 Å². The number of para-hydroxylation sites is 1. The molecule has 0 amide bonds. The quantitative estimate of drug-likeness (QED) is 0.0655. The van der Waals surface area contributed by atoms with Crippen LogP contribution in [0.3, 0.4) is 0 Å². The first-order valence-electron chi connectivity index (χ1n) is 12.4. The summed E-state index contributed by atoms with van der Waals surface area (Å²) >= 11 is 0. The number of rotatable bonds is 14. The number of ether oxygens (including phenoxy) is 3. The van der Waals surface area contributed by atoms with Gasteiger partial charge in [0, 0.05) is 51.4 Å². The normalized spacial score (nSPS) is 19.7. The third-order valence-electron chi connectivity index (χ3n) is 6.28.